The van der Waals surface area contributed by atoms with E-state index in [-0.39, 0.29) is 23.3 Å². The molecule has 3 saturated heterocycles. The second kappa shape index (κ2) is 12.0. The van der Waals surface area contributed by atoms with Gasteiger partial charge in [0.05, 0.1) is 30.6 Å². The van der Waals surface area contributed by atoms with Crippen LogP contribution in [0.5, 0.6) is 6.01 Å². The number of pyridine rings is 2. The van der Waals surface area contributed by atoms with Gasteiger partial charge in [0.1, 0.15) is 17.0 Å². The topological polar surface area (TPSA) is 112 Å². The molecule has 3 aliphatic rings. The molecule has 0 unspecified atom stereocenters. The van der Waals surface area contributed by atoms with Crippen LogP contribution in [-0.2, 0) is 4.74 Å². The van der Waals surface area contributed by atoms with Crippen molar-refractivity contribution in [1.29, 1.82) is 5.26 Å². The minimum atomic E-state index is -0.531. The molecule has 6 heterocycles. The maximum atomic E-state index is 16.5. The van der Waals surface area contributed by atoms with Gasteiger partial charge in [-0.2, -0.15) is 15.2 Å². The first-order valence-electron chi connectivity index (χ1n) is 15.1. The Labute approximate surface area is 249 Å². The second-order valence-corrected chi connectivity index (χ2v) is 11.7. The van der Waals surface area contributed by atoms with Gasteiger partial charge >= 0.3 is 6.01 Å². The average molecular weight is 583 g/mol. The number of fused-ring (bicyclic) bond motifs is 4. The van der Waals surface area contributed by atoms with Crippen molar-refractivity contribution in [2.75, 3.05) is 50.8 Å². The van der Waals surface area contributed by atoms with E-state index in [0.29, 0.717) is 61.6 Å². The van der Waals surface area contributed by atoms with E-state index in [4.69, 9.17) is 14.5 Å². The van der Waals surface area contributed by atoms with E-state index in [1.807, 2.05) is 25.1 Å². The van der Waals surface area contributed by atoms with Crippen LogP contribution in [0.25, 0.3) is 32.9 Å². The molecule has 0 aliphatic carbocycles. The van der Waals surface area contributed by atoms with Crippen LogP contribution >= 0.6 is 0 Å². The number of benzene rings is 1. The highest BCUT2D eigenvalue weighted by molar-refractivity contribution is 6.00. The number of aryl methyl sites for hydroxylation is 1. The molecule has 7 rings (SSSR count). The third-order valence-electron chi connectivity index (χ3n) is 8.90. The SMILES string of the molecule is Cc1cccc2cncc(-c3ncc4c(N5CCN[C@@H](CC#N)C5)nc(OCCCN5C[C@@H]6C[C@H]5CCO6)nc4c3F)c12. The molecular weight excluding hydrogens is 547 g/mol. The van der Waals surface area contributed by atoms with E-state index in [2.05, 4.69) is 36.1 Å². The molecule has 3 fully saturated rings. The van der Waals surface area contributed by atoms with Gasteiger partial charge in [-0.1, -0.05) is 18.2 Å². The van der Waals surface area contributed by atoms with Crippen molar-refractivity contribution in [3.8, 4) is 23.3 Å². The molecule has 3 aromatic heterocycles. The van der Waals surface area contributed by atoms with Crippen LogP contribution in [-0.4, -0.2) is 89.0 Å². The van der Waals surface area contributed by atoms with Gasteiger partial charge < -0.3 is 19.7 Å². The lowest BCUT2D eigenvalue weighted by Gasteiger charge is -2.34. The van der Waals surface area contributed by atoms with E-state index in [0.717, 1.165) is 55.3 Å². The van der Waals surface area contributed by atoms with E-state index in [1.54, 1.807) is 18.6 Å². The van der Waals surface area contributed by atoms with Crippen molar-refractivity contribution in [3.05, 3.63) is 48.2 Å². The molecule has 3 aliphatic heterocycles. The van der Waals surface area contributed by atoms with Crippen molar-refractivity contribution >= 4 is 27.5 Å². The van der Waals surface area contributed by atoms with Crippen molar-refractivity contribution in [2.24, 2.45) is 0 Å². The third-order valence-corrected chi connectivity index (χ3v) is 8.90. The number of nitriles is 1. The molecule has 2 bridgehead atoms. The van der Waals surface area contributed by atoms with Gasteiger partial charge in [-0.3, -0.25) is 14.9 Å². The van der Waals surface area contributed by atoms with Gasteiger partial charge in [0.15, 0.2) is 5.82 Å². The second-order valence-electron chi connectivity index (χ2n) is 11.7. The zero-order chi connectivity index (χ0) is 29.3. The van der Waals surface area contributed by atoms with Crippen LogP contribution in [0.4, 0.5) is 10.2 Å². The number of piperazine rings is 1. The standard InChI is InChI=1S/C32H35FN8O2/c1-20-4-2-5-21-15-35-16-25(27(20)21)29-28(33)30-26(17-37-29)31(41-11-9-36-22(18-41)6-8-34)39-32(38-30)43-12-3-10-40-19-24-14-23(40)7-13-42-24/h2,4-5,15-17,22-24,36H,3,6-7,9-14,18-19H2,1H3/t22-,23+,24-/m0/s1. The number of ether oxygens (including phenoxy) is 2. The average Bonchev–Trinajstić information content (AvgIpc) is 3.31. The molecule has 0 saturated carbocycles. The molecule has 0 amide bonds. The Hall–Kier alpha value is -3.98. The molecular formula is C32H35FN8O2. The van der Waals surface area contributed by atoms with Crippen molar-refractivity contribution in [1.82, 2.24) is 30.2 Å². The maximum absolute atomic E-state index is 16.5. The Balaban J connectivity index is 1.22. The lowest BCUT2D eigenvalue weighted by molar-refractivity contribution is 0.0419. The summed E-state index contributed by atoms with van der Waals surface area (Å²) in [7, 11) is 0. The molecule has 0 spiro atoms. The number of nitrogens with zero attached hydrogens (tertiary/aromatic N) is 7. The zero-order valence-electron chi connectivity index (χ0n) is 24.3. The number of hydrogen-bond donors (Lipinski definition) is 1. The predicted octanol–water partition coefficient (Wildman–Crippen LogP) is 4.01. The molecule has 11 heteroatoms. The predicted molar refractivity (Wildman–Crippen MR) is 161 cm³/mol. The summed E-state index contributed by atoms with van der Waals surface area (Å²) in [4.78, 5) is 22.9. The van der Waals surface area contributed by atoms with Gasteiger partial charge in [0.2, 0.25) is 0 Å². The van der Waals surface area contributed by atoms with Crippen LogP contribution in [0.1, 0.15) is 31.2 Å². The molecule has 3 atom stereocenters. The number of likely N-dealkylation sites (tertiary alicyclic amines) is 1. The van der Waals surface area contributed by atoms with Gasteiger partial charge in [-0.25, -0.2) is 4.39 Å². The van der Waals surface area contributed by atoms with Crippen molar-refractivity contribution in [2.45, 2.75) is 50.8 Å². The summed E-state index contributed by atoms with van der Waals surface area (Å²) in [5, 5.41) is 15.0. The van der Waals surface area contributed by atoms with E-state index < -0.39 is 5.82 Å². The number of hydrogen-bond acceptors (Lipinski definition) is 10. The number of anilines is 1. The van der Waals surface area contributed by atoms with E-state index >= 15 is 4.39 Å². The Morgan fingerprint density at radius 2 is 2.14 bits per heavy atom. The molecule has 1 N–H and O–H groups in total. The number of aromatic nitrogens is 4. The Morgan fingerprint density at radius 3 is 3.02 bits per heavy atom. The highest BCUT2D eigenvalue weighted by Gasteiger charge is 2.35. The molecule has 10 nitrogen and oxygen atoms in total. The number of nitrogens with one attached hydrogen (secondary N) is 1. The van der Waals surface area contributed by atoms with Gasteiger partial charge in [-0.15, -0.1) is 0 Å². The van der Waals surface area contributed by atoms with Crippen LogP contribution in [0.15, 0.2) is 36.8 Å². The third kappa shape index (κ3) is 5.46. The fraction of sp³-hybridized carbons (Fsp3) is 0.469. The zero-order valence-corrected chi connectivity index (χ0v) is 24.3. The first-order valence-corrected chi connectivity index (χ1v) is 15.1. The van der Waals surface area contributed by atoms with Crippen molar-refractivity contribution in [3.63, 3.8) is 0 Å². The van der Waals surface area contributed by atoms with E-state index in [1.165, 1.54) is 0 Å². The summed E-state index contributed by atoms with van der Waals surface area (Å²) in [5.74, 6) is 0.0386. The molecule has 1 aromatic carbocycles. The maximum Gasteiger partial charge on any atom is 0.319 e. The van der Waals surface area contributed by atoms with E-state index in [9.17, 15) is 5.26 Å². The summed E-state index contributed by atoms with van der Waals surface area (Å²) in [6.07, 6.45) is 8.80. The minimum Gasteiger partial charge on any atom is -0.463 e. The largest absolute Gasteiger partial charge is 0.463 e. The lowest BCUT2D eigenvalue weighted by atomic mass is 10.00. The normalized spacial score (nSPS) is 22.3. The minimum absolute atomic E-state index is 0.0150. The van der Waals surface area contributed by atoms with Gasteiger partial charge in [0.25, 0.3) is 0 Å². The number of halogens is 1. The highest BCUT2D eigenvalue weighted by atomic mass is 19.1. The summed E-state index contributed by atoms with van der Waals surface area (Å²) < 4.78 is 28.5. The van der Waals surface area contributed by atoms with Crippen LogP contribution in [0.3, 0.4) is 0 Å². The Kier molecular flexibility index (Phi) is 7.74. The molecule has 4 aromatic rings. The monoisotopic (exact) mass is 582 g/mol. The molecule has 43 heavy (non-hydrogen) atoms. The van der Waals surface area contributed by atoms with Gasteiger partial charge in [0, 0.05) is 81.0 Å². The highest BCUT2D eigenvalue weighted by Crippen LogP contribution is 2.36. The molecule has 0 radical (unpaired) electrons. The number of rotatable bonds is 8. The Bertz CT molecular complexity index is 1690. The van der Waals surface area contributed by atoms with Crippen molar-refractivity contribution < 1.29 is 13.9 Å². The lowest BCUT2D eigenvalue weighted by Crippen LogP contribution is -2.51. The first-order chi connectivity index (χ1) is 21.1. The fourth-order valence-electron chi connectivity index (χ4n) is 6.82. The summed E-state index contributed by atoms with van der Waals surface area (Å²) in [6.45, 7) is 7.05. The quantitative estimate of drug-likeness (QED) is 0.306. The van der Waals surface area contributed by atoms with Crippen LogP contribution in [0, 0.1) is 24.1 Å². The smallest absolute Gasteiger partial charge is 0.319 e. The molecule has 222 valence electrons. The summed E-state index contributed by atoms with van der Waals surface area (Å²) >= 11 is 0. The fourth-order valence-corrected chi connectivity index (χ4v) is 6.82. The van der Waals surface area contributed by atoms with Crippen LogP contribution < -0.4 is 15.0 Å². The van der Waals surface area contributed by atoms with Crippen LogP contribution in [0.2, 0.25) is 0 Å². The summed E-state index contributed by atoms with van der Waals surface area (Å²) in [6, 6.07) is 8.89. The summed E-state index contributed by atoms with van der Waals surface area (Å²) in [5.41, 5.74) is 1.99. The van der Waals surface area contributed by atoms with Gasteiger partial charge in [-0.05, 0) is 37.1 Å². The Morgan fingerprint density at radius 1 is 1.21 bits per heavy atom. The first kappa shape index (κ1) is 27.8.